The molecular formula is C9H8N3O. The molecule has 1 radical (unpaired) electrons. The van der Waals surface area contributed by atoms with Crippen LogP contribution in [0, 0.1) is 6.42 Å². The molecule has 4 heteroatoms. The van der Waals surface area contributed by atoms with E-state index in [4.69, 9.17) is 5.73 Å². The van der Waals surface area contributed by atoms with Crippen LogP contribution in [0.15, 0.2) is 24.4 Å². The Morgan fingerprint density at radius 3 is 3.15 bits per heavy atom. The Kier molecular flexibility index (Phi) is 1.73. The second kappa shape index (κ2) is 2.90. The highest BCUT2D eigenvalue weighted by molar-refractivity contribution is 5.89. The molecule has 0 saturated heterocycles. The van der Waals surface area contributed by atoms with Crippen molar-refractivity contribution in [3.63, 3.8) is 0 Å². The maximum Gasteiger partial charge on any atom is 0.226 e. The van der Waals surface area contributed by atoms with Gasteiger partial charge in [0.2, 0.25) is 5.91 Å². The van der Waals surface area contributed by atoms with Gasteiger partial charge in [-0.15, -0.1) is 0 Å². The zero-order chi connectivity index (χ0) is 9.26. The second-order valence-corrected chi connectivity index (χ2v) is 2.76. The van der Waals surface area contributed by atoms with Crippen molar-refractivity contribution in [3.8, 4) is 0 Å². The van der Waals surface area contributed by atoms with Crippen molar-refractivity contribution in [1.82, 2.24) is 10.2 Å². The van der Waals surface area contributed by atoms with Crippen molar-refractivity contribution < 1.29 is 4.79 Å². The third kappa shape index (κ3) is 1.51. The lowest BCUT2D eigenvalue weighted by atomic mass is 10.1. The summed E-state index contributed by atoms with van der Waals surface area (Å²) in [5, 5.41) is 7.65. The Bertz CT molecular complexity index is 447. The maximum absolute atomic E-state index is 10.6. The molecule has 4 nitrogen and oxygen atoms in total. The van der Waals surface area contributed by atoms with E-state index in [1.165, 1.54) is 6.42 Å². The van der Waals surface area contributed by atoms with Gasteiger partial charge in [0.1, 0.15) is 0 Å². The Morgan fingerprint density at radius 2 is 2.38 bits per heavy atom. The molecule has 1 aromatic carbocycles. The van der Waals surface area contributed by atoms with E-state index >= 15 is 0 Å². The number of nitrogens with two attached hydrogens (primary N) is 1. The van der Waals surface area contributed by atoms with Crippen LogP contribution in [-0.4, -0.2) is 16.1 Å². The number of carbonyl (C=O) groups is 1. The van der Waals surface area contributed by atoms with Crippen molar-refractivity contribution in [2.45, 2.75) is 0 Å². The number of aromatic amines is 1. The Morgan fingerprint density at radius 1 is 1.54 bits per heavy atom. The molecule has 0 atom stereocenters. The molecule has 0 aliphatic carbocycles. The highest BCUT2D eigenvalue weighted by Crippen LogP contribution is 2.13. The summed E-state index contributed by atoms with van der Waals surface area (Å²) in [5.41, 5.74) is 6.76. The van der Waals surface area contributed by atoms with E-state index in [0.29, 0.717) is 0 Å². The summed E-state index contributed by atoms with van der Waals surface area (Å²) < 4.78 is 0. The van der Waals surface area contributed by atoms with E-state index < -0.39 is 5.91 Å². The van der Waals surface area contributed by atoms with Gasteiger partial charge in [-0.1, -0.05) is 6.07 Å². The van der Waals surface area contributed by atoms with Crippen molar-refractivity contribution in [1.29, 1.82) is 0 Å². The number of aromatic nitrogens is 2. The van der Waals surface area contributed by atoms with Crippen LogP contribution < -0.4 is 5.73 Å². The number of fused-ring (bicyclic) bond motifs is 1. The fourth-order valence-electron chi connectivity index (χ4n) is 1.22. The van der Waals surface area contributed by atoms with Gasteiger partial charge in [-0.3, -0.25) is 9.89 Å². The van der Waals surface area contributed by atoms with E-state index in [1.807, 2.05) is 18.2 Å². The topological polar surface area (TPSA) is 71.8 Å². The highest BCUT2D eigenvalue weighted by Gasteiger charge is 2.01. The average molecular weight is 174 g/mol. The summed E-state index contributed by atoms with van der Waals surface area (Å²) in [6.45, 7) is 0. The molecule has 0 aliphatic rings. The predicted molar refractivity (Wildman–Crippen MR) is 48.7 cm³/mol. The van der Waals surface area contributed by atoms with Crippen LogP contribution in [0.2, 0.25) is 0 Å². The van der Waals surface area contributed by atoms with E-state index in [0.717, 1.165) is 16.5 Å². The number of H-pyrrole nitrogens is 1. The molecule has 0 unspecified atom stereocenters. The number of nitrogens with zero attached hydrogens (tertiary/aromatic N) is 1. The Balaban J connectivity index is 2.42. The molecule has 2 rings (SSSR count). The molecule has 65 valence electrons. The number of carbonyl (C=O) groups excluding carboxylic acids is 1. The summed E-state index contributed by atoms with van der Waals surface area (Å²) in [6, 6.07) is 5.52. The van der Waals surface area contributed by atoms with Gasteiger partial charge in [0, 0.05) is 5.39 Å². The minimum atomic E-state index is -0.442. The first-order chi connectivity index (χ1) is 6.25. The Labute approximate surface area is 74.7 Å². The summed E-state index contributed by atoms with van der Waals surface area (Å²) >= 11 is 0. The molecule has 1 amide bonds. The number of benzene rings is 1. The van der Waals surface area contributed by atoms with Crippen molar-refractivity contribution in [2.24, 2.45) is 5.73 Å². The molecule has 2 aromatic rings. The maximum atomic E-state index is 10.6. The quantitative estimate of drug-likeness (QED) is 0.699. The van der Waals surface area contributed by atoms with E-state index in [9.17, 15) is 4.79 Å². The van der Waals surface area contributed by atoms with Crippen molar-refractivity contribution in [3.05, 3.63) is 36.4 Å². The third-order valence-corrected chi connectivity index (χ3v) is 1.77. The average Bonchev–Trinajstić information content (AvgIpc) is 2.49. The predicted octanol–water partition coefficient (Wildman–Crippen LogP) is 0.601. The molecule has 0 fully saturated rings. The number of nitrogens with one attached hydrogen (secondary N) is 1. The number of amides is 1. The smallest absolute Gasteiger partial charge is 0.226 e. The van der Waals surface area contributed by atoms with Crippen molar-refractivity contribution in [2.75, 3.05) is 0 Å². The van der Waals surface area contributed by atoms with Gasteiger partial charge in [-0.2, -0.15) is 5.10 Å². The van der Waals surface area contributed by atoms with Crippen LogP contribution >= 0.6 is 0 Å². The summed E-state index contributed by atoms with van der Waals surface area (Å²) in [5.74, 6) is -0.442. The van der Waals surface area contributed by atoms with Gasteiger partial charge in [0.15, 0.2) is 0 Å². The normalized spacial score (nSPS) is 10.5. The number of hydrogen-bond donors (Lipinski definition) is 2. The standard InChI is InChI=1S/C9H8N3O/c10-9(13)4-6-1-2-8-7(3-6)5-11-12-8/h1-5H,(H2,10,13)(H,11,12). The lowest BCUT2D eigenvalue weighted by Gasteiger charge is -1.95. The van der Waals surface area contributed by atoms with Crippen LogP contribution in [0.4, 0.5) is 0 Å². The summed E-state index contributed by atoms with van der Waals surface area (Å²) in [6.07, 6.45) is 3.08. The van der Waals surface area contributed by atoms with Crippen LogP contribution in [-0.2, 0) is 4.79 Å². The molecule has 1 heterocycles. The van der Waals surface area contributed by atoms with Gasteiger partial charge in [0.25, 0.3) is 0 Å². The molecule has 0 saturated carbocycles. The SMILES string of the molecule is NC(=O)[CH]c1ccc2[nH]ncc2c1. The van der Waals surface area contributed by atoms with Crippen LogP contribution in [0.3, 0.4) is 0 Å². The molecular weight excluding hydrogens is 166 g/mol. The highest BCUT2D eigenvalue weighted by atomic mass is 16.1. The molecule has 0 bridgehead atoms. The largest absolute Gasteiger partial charge is 0.369 e. The first-order valence-electron chi connectivity index (χ1n) is 3.83. The van der Waals surface area contributed by atoms with Gasteiger partial charge < -0.3 is 5.73 Å². The van der Waals surface area contributed by atoms with E-state index in [-0.39, 0.29) is 0 Å². The monoisotopic (exact) mass is 174 g/mol. The fourth-order valence-corrected chi connectivity index (χ4v) is 1.22. The number of hydrogen-bond acceptors (Lipinski definition) is 2. The van der Waals surface area contributed by atoms with E-state index in [1.54, 1.807) is 6.20 Å². The van der Waals surface area contributed by atoms with Gasteiger partial charge in [-0.05, 0) is 17.7 Å². The zero-order valence-electron chi connectivity index (χ0n) is 6.82. The Hall–Kier alpha value is -1.84. The lowest BCUT2D eigenvalue weighted by Crippen LogP contribution is -2.11. The van der Waals surface area contributed by atoms with Crippen molar-refractivity contribution >= 4 is 16.8 Å². The second-order valence-electron chi connectivity index (χ2n) is 2.76. The van der Waals surface area contributed by atoms with Crippen LogP contribution in [0.5, 0.6) is 0 Å². The molecule has 13 heavy (non-hydrogen) atoms. The number of primary amides is 1. The van der Waals surface area contributed by atoms with E-state index in [2.05, 4.69) is 10.2 Å². The fraction of sp³-hybridized carbons (Fsp3) is 0. The molecule has 0 aliphatic heterocycles. The summed E-state index contributed by atoms with van der Waals surface area (Å²) in [7, 11) is 0. The first-order valence-corrected chi connectivity index (χ1v) is 3.83. The minimum absolute atomic E-state index is 0.442. The molecule has 3 N–H and O–H groups in total. The van der Waals surface area contributed by atoms with Gasteiger partial charge in [0.05, 0.1) is 18.1 Å². The summed E-state index contributed by atoms with van der Waals surface area (Å²) in [4.78, 5) is 10.6. The minimum Gasteiger partial charge on any atom is -0.369 e. The number of rotatable bonds is 2. The van der Waals surface area contributed by atoms with Gasteiger partial charge >= 0.3 is 0 Å². The molecule has 0 spiro atoms. The zero-order valence-corrected chi connectivity index (χ0v) is 6.82. The third-order valence-electron chi connectivity index (χ3n) is 1.77. The van der Waals surface area contributed by atoms with Crippen LogP contribution in [0.1, 0.15) is 5.56 Å². The lowest BCUT2D eigenvalue weighted by molar-refractivity contribution is -0.114. The molecule has 1 aromatic heterocycles. The first kappa shape index (κ1) is 7.79. The van der Waals surface area contributed by atoms with Gasteiger partial charge in [-0.25, -0.2) is 0 Å². The van der Waals surface area contributed by atoms with Crippen LogP contribution in [0.25, 0.3) is 10.9 Å².